The van der Waals surface area contributed by atoms with Crippen molar-refractivity contribution in [3.8, 4) is 0 Å². The van der Waals surface area contributed by atoms with Crippen molar-refractivity contribution < 1.29 is 9.53 Å². The number of likely N-dealkylation sites (N-methyl/N-ethyl adjacent to an activating group) is 1. The molecule has 2 unspecified atom stereocenters. The second kappa shape index (κ2) is 4.10. The van der Waals surface area contributed by atoms with Crippen LogP contribution in [0.3, 0.4) is 0 Å². The van der Waals surface area contributed by atoms with Crippen LogP contribution >= 0.6 is 0 Å². The molecule has 1 rings (SSSR count). The Bertz CT molecular complexity index is 253. The molecule has 4 nitrogen and oxygen atoms in total. The van der Waals surface area contributed by atoms with Gasteiger partial charge in [0.25, 0.3) is 0 Å². The monoisotopic (exact) mass is 214 g/mol. The van der Waals surface area contributed by atoms with Crippen molar-refractivity contribution in [2.45, 2.75) is 51.3 Å². The molecule has 4 heteroatoms. The lowest BCUT2D eigenvalue weighted by atomic mass is 9.92. The maximum Gasteiger partial charge on any atom is 0.240 e. The summed E-state index contributed by atoms with van der Waals surface area (Å²) in [5, 5.41) is 6.06. The quantitative estimate of drug-likeness (QED) is 0.726. The fraction of sp³-hybridized carbons (Fsp3) is 0.909. The van der Waals surface area contributed by atoms with E-state index in [-0.39, 0.29) is 17.6 Å². The minimum absolute atomic E-state index is 0.0184. The molecule has 0 aromatic rings. The van der Waals surface area contributed by atoms with E-state index < -0.39 is 5.54 Å². The van der Waals surface area contributed by atoms with Crippen LogP contribution in [0.4, 0.5) is 0 Å². The van der Waals surface area contributed by atoms with E-state index in [4.69, 9.17) is 4.74 Å². The van der Waals surface area contributed by atoms with Crippen LogP contribution in [0, 0.1) is 0 Å². The molecule has 1 heterocycles. The number of hydrogen-bond donors (Lipinski definition) is 2. The summed E-state index contributed by atoms with van der Waals surface area (Å²) in [7, 11) is 1.79. The van der Waals surface area contributed by atoms with Crippen molar-refractivity contribution in [3.63, 3.8) is 0 Å². The molecule has 1 aliphatic rings. The summed E-state index contributed by atoms with van der Waals surface area (Å²) in [6.45, 7) is 8.49. The minimum Gasteiger partial charge on any atom is -0.376 e. The Morgan fingerprint density at radius 2 is 2.13 bits per heavy atom. The van der Waals surface area contributed by atoms with Crippen LogP contribution in [0.25, 0.3) is 0 Å². The topological polar surface area (TPSA) is 50.4 Å². The lowest BCUT2D eigenvalue weighted by Crippen LogP contribution is -2.59. The van der Waals surface area contributed by atoms with Crippen LogP contribution in [0.15, 0.2) is 0 Å². The average Bonchev–Trinajstić information content (AvgIpc) is 2.47. The Morgan fingerprint density at radius 3 is 2.53 bits per heavy atom. The number of amides is 1. The van der Waals surface area contributed by atoms with Gasteiger partial charge in [-0.25, -0.2) is 0 Å². The first-order chi connectivity index (χ1) is 6.82. The highest BCUT2D eigenvalue weighted by Crippen LogP contribution is 2.25. The van der Waals surface area contributed by atoms with Crippen molar-refractivity contribution in [1.82, 2.24) is 10.6 Å². The number of ether oxygens (including phenoxy) is 1. The molecule has 0 aromatic heterocycles. The van der Waals surface area contributed by atoms with Gasteiger partial charge in [-0.1, -0.05) is 0 Å². The fourth-order valence-electron chi connectivity index (χ4n) is 1.53. The lowest BCUT2D eigenvalue weighted by Gasteiger charge is -2.33. The van der Waals surface area contributed by atoms with Gasteiger partial charge in [-0.15, -0.1) is 0 Å². The fourth-order valence-corrected chi connectivity index (χ4v) is 1.53. The van der Waals surface area contributed by atoms with E-state index in [0.29, 0.717) is 0 Å². The predicted octanol–water partition coefficient (Wildman–Crippen LogP) is 0.668. The van der Waals surface area contributed by atoms with Gasteiger partial charge in [-0.05, 0) is 41.2 Å². The minimum atomic E-state index is -0.536. The Morgan fingerprint density at radius 1 is 1.53 bits per heavy atom. The number of rotatable bonds is 3. The highest BCUT2D eigenvalue weighted by atomic mass is 16.5. The number of nitrogens with one attached hydrogen (secondary N) is 2. The molecular formula is C11H22N2O2. The SMILES string of the molecule is CNC(C)(C)C(=O)NC1(C)CCOC1C. The van der Waals surface area contributed by atoms with Gasteiger partial charge in [0.05, 0.1) is 17.2 Å². The third-order valence-corrected chi connectivity index (χ3v) is 3.48. The molecule has 0 saturated carbocycles. The molecule has 0 bridgehead atoms. The smallest absolute Gasteiger partial charge is 0.240 e. The van der Waals surface area contributed by atoms with Crippen molar-refractivity contribution in [1.29, 1.82) is 0 Å². The summed E-state index contributed by atoms with van der Waals surface area (Å²) in [5.74, 6) is 0.0184. The van der Waals surface area contributed by atoms with Crippen LogP contribution in [0.1, 0.15) is 34.1 Å². The molecule has 1 amide bonds. The normalized spacial score (nSPS) is 31.7. The van der Waals surface area contributed by atoms with Gasteiger partial charge < -0.3 is 15.4 Å². The summed E-state index contributed by atoms with van der Waals surface area (Å²) in [5.41, 5.74) is -0.767. The first kappa shape index (κ1) is 12.5. The summed E-state index contributed by atoms with van der Waals surface area (Å²) in [6.07, 6.45) is 0.953. The van der Waals surface area contributed by atoms with Crippen LogP contribution in [-0.2, 0) is 9.53 Å². The molecule has 0 spiro atoms. The van der Waals surface area contributed by atoms with Gasteiger partial charge in [0.15, 0.2) is 0 Å². The predicted molar refractivity (Wildman–Crippen MR) is 59.7 cm³/mol. The van der Waals surface area contributed by atoms with Crippen LogP contribution < -0.4 is 10.6 Å². The first-order valence-corrected chi connectivity index (χ1v) is 5.45. The Kier molecular flexibility index (Phi) is 3.41. The highest BCUT2D eigenvalue weighted by Gasteiger charge is 2.40. The summed E-state index contributed by atoms with van der Waals surface area (Å²) < 4.78 is 5.48. The molecule has 88 valence electrons. The molecule has 1 fully saturated rings. The Labute approximate surface area is 91.8 Å². The molecule has 15 heavy (non-hydrogen) atoms. The third-order valence-electron chi connectivity index (χ3n) is 3.48. The second-order valence-corrected chi connectivity index (χ2v) is 5.01. The second-order valence-electron chi connectivity index (χ2n) is 5.01. The van der Waals surface area contributed by atoms with Crippen molar-refractivity contribution in [2.75, 3.05) is 13.7 Å². The maximum atomic E-state index is 12.0. The van der Waals surface area contributed by atoms with Crippen LogP contribution in [0.5, 0.6) is 0 Å². The molecular weight excluding hydrogens is 192 g/mol. The summed E-state index contributed by atoms with van der Waals surface area (Å²) in [6, 6.07) is 0. The van der Waals surface area contributed by atoms with E-state index in [1.807, 2.05) is 27.7 Å². The molecule has 0 radical (unpaired) electrons. The van der Waals surface area contributed by atoms with Gasteiger partial charge in [-0.3, -0.25) is 4.79 Å². The van der Waals surface area contributed by atoms with E-state index in [9.17, 15) is 4.79 Å². The molecule has 0 aromatic carbocycles. The molecule has 1 aliphatic heterocycles. The number of hydrogen-bond acceptors (Lipinski definition) is 3. The van der Waals surface area contributed by atoms with E-state index >= 15 is 0 Å². The van der Waals surface area contributed by atoms with Gasteiger partial charge in [0.2, 0.25) is 5.91 Å². The van der Waals surface area contributed by atoms with Crippen molar-refractivity contribution in [3.05, 3.63) is 0 Å². The van der Waals surface area contributed by atoms with Crippen LogP contribution in [0.2, 0.25) is 0 Å². The number of carbonyl (C=O) groups is 1. The molecule has 0 aliphatic carbocycles. The van der Waals surface area contributed by atoms with E-state index in [2.05, 4.69) is 10.6 Å². The van der Waals surface area contributed by atoms with Crippen molar-refractivity contribution >= 4 is 5.91 Å². The molecule has 1 saturated heterocycles. The highest BCUT2D eigenvalue weighted by molar-refractivity contribution is 5.86. The maximum absolute atomic E-state index is 12.0. The van der Waals surface area contributed by atoms with E-state index in [1.54, 1.807) is 7.05 Å². The van der Waals surface area contributed by atoms with E-state index in [0.717, 1.165) is 13.0 Å². The van der Waals surface area contributed by atoms with Gasteiger partial charge in [0.1, 0.15) is 0 Å². The third kappa shape index (κ3) is 2.49. The zero-order valence-corrected chi connectivity index (χ0v) is 10.3. The standard InChI is InChI=1S/C11H22N2O2/c1-8-11(4,6-7-15-8)13-9(14)10(2,3)12-5/h8,12H,6-7H2,1-5H3,(H,13,14). The zero-order chi connectivity index (χ0) is 11.7. The van der Waals surface area contributed by atoms with E-state index in [1.165, 1.54) is 0 Å². The molecule has 2 atom stereocenters. The molecule has 2 N–H and O–H groups in total. The summed E-state index contributed by atoms with van der Waals surface area (Å²) >= 11 is 0. The Hall–Kier alpha value is -0.610. The first-order valence-electron chi connectivity index (χ1n) is 5.45. The Balaban J connectivity index is 2.65. The summed E-state index contributed by atoms with van der Waals surface area (Å²) in [4.78, 5) is 12.0. The van der Waals surface area contributed by atoms with Gasteiger partial charge in [-0.2, -0.15) is 0 Å². The number of carbonyl (C=O) groups excluding carboxylic acids is 1. The van der Waals surface area contributed by atoms with Gasteiger partial charge in [0, 0.05) is 6.61 Å². The van der Waals surface area contributed by atoms with Gasteiger partial charge >= 0.3 is 0 Å². The van der Waals surface area contributed by atoms with Crippen LogP contribution in [-0.4, -0.2) is 36.7 Å². The average molecular weight is 214 g/mol. The van der Waals surface area contributed by atoms with Crippen molar-refractivity contribution in [2.24, 2.45) is 0 Å². The zero-order valence-electron chi connectivity index (χ0n) is 10.3. The largest absolute Gasteiger partial charge is 0.376 e. The lowest BCUT2D eigenvalue weighted by molar-refractivity contribution is -0.128.